The second kappa shape index (κ2) is 7.69. The van der Waals surface area contributed by atoms with Crippen LogP contribution in [0.5, 0.6) is 0 Å². The third-order valence-electron chi connectivity index (χ3n) is 3.39. The summed E-state index contributed by atoms with van der Waals surface area (Å²) in [5.74, 6) is -0.610. The fourth-order valence-electron chi connectivity index (χ4n) is 2.45. The minimum atomic E-state index is -0.314. The summed E-state index contributed by atoms with van der Waals surface area (Å²) in [5.41, 5.74) is 3.20. The lowest BCUT2D eigenvalue weighted by molar-refractivity contribution is -0.120. The van der Waals surface area contributed by atoms with Gasteiger partial charge in [0.05, 0.1) is 10.7 Å². The monoisotopic (exact) mass is 364 g/mol. The summed E-state index contributed by atoms with van der Waals surface area (Å²) in [6.07, 6.45) is 0. The Labute approximate surface area is 151 Å². The Hall–Kier alpha value is -2.04. The predicted molar refractivity (Wildman–Crippen MR) is 99.0 cm³/mol. The second-order valence-electron chi connectivity index (χ2n) is 5.63. The lowest BCUT2D eigenvalue weighted by atomic mass is 10.1. The van der Waals surface area contributed by atoms with Gasteiger partial charge in [-0.05, 0) is 55.3 Å². The van der Waals surface area contributed by atoms with Crippen LogP contribution < -0.4 is 10.2 Å². The molecule has 0 spiro atoms. The van der Waals surface area contributed by atoms with Gasteiger partial charge in [0.15, 0.2) is 0 Å². The fourth-order valence-corrected chi connectivity index (χ4v) is 2.84. The van der Waals surface area contributed by atoms with Crippen LogP contribution in [0, 0.1) is 13.8 Å². The number of nitrogens with zero attached hydrogens (tertiary/aromatic N) is 1. The largest absolute Gasteiger partial charge is 0.325 e. The van der Waals surface area contributed by atoms with Gasteiger partial charge in [0, 0.05) is 17.6 Å². The van der Waals surface area contributed by atoms with Gasteiger partial charge in [-0.15, -0.1) is 0 Å². The molecule has 2 amide bonds. The van der Waals surface area contributed by atoms with Gasteiger partial charge in [-0.25, -0.2) is 0 Å². The Morgan fingerprint density at radius 3 is 2.25 bits per heavy atom. The zero-order valence-electron chi connectivity index (χ0n) is 13.7. The first-order chi connectivity index (χ1) is 11.3. The first-order valence-corrected chi connectivity index (χ1v) is 8.13. The highest BCUT2D eigenvalue weighted by molar-refractivity contribution is 6.35. The van der Waals surface area contributed by atoms with E-state index in [4.69, 9.17) is 23.2 Å². The Bertz CT molecular complexity index is 770. The number of halogens is 2. The Morgan fingerprint density at radius 2 is 1.67 bits per heavy atom. The number of amides is 2. The van der Waals surface area contributed by atoms with E-state index in [1.54, 1.807) is 18.2 Å². The third kappa shape index (κ3) is 4.73. The van der Waals surface area contributed by atoms with E-state index < -0.39 is 0 Å². The molecule has 1 N–H and O–H groups in total. The third-order valence-corrected chi connectivity index (χ3v) is 3.94. The zero-order chi connectivity index (χ0) is 17.9. The molecule has 0 fully saturated rings. The van der Waals surface area contributed by atoms with Gasteiger partial charge in [-0.2, -0.15) is 0 Å². The van der Waals surface area contributed by atoms with Crippen molar-refractivity contribution in [2.75, 3.05) is 16.8 Å². The maximum atomic E-state index is 12.3. The average molecular weight is 365 g/mol. The molecule has 0 unspecified atom stereocenters. The summed E-state index contributed by atoms with van der Waals surface area (Å²) in [5, 5.41) is 3.60. The number of benzene rings is 2. The van der Waals surface area contributed by atoms with Crippen LogP contribution >= 0.6 is 23.2 Å². The smallest absolute Gasteiger partial charge is 0.244 e. The second-order valence-corrected chi connectivity index (χ2v) is 6.47. The number of carbonyl (C=O) groups is 2. The van der Waals surface area contributed by atoms with E-state index in [2.05, 4.69) is 5.32 Å². The molecular weight excluding hydrogens is 347 g/mol. The van der Waals surface area contributed by atoms with E-state index in [0.29, 0.717) is 21.4 Å². The summed E-state index contributed by atoms with van der Waals surface area (Å²) >= 11 is 12.1. The van der Waals surface area contributed by atoms with Crippen LogP contribution in [0.3, 0.4) is 0 Å². The number of nitrogens with one attached hydrogen (secondary N) is 1. The van der Waals surface area contributed by atoms with Gasteiger partial charge in [0.2, 0.25) is 11.8 Å². The molecule has 126 valence electrons. The standard InChI is InChI=1S/C18H18Cl2N2O2/c1-11-6-12(2)8-15(7-11)21-18(24)10-22(13(3)23)17-9-14(19)4-5-16(17)20/h4-9H,10H2,1-3H3,(H,21,24). The van der Waals surface area contributed by atoms with E-state index in [1.807, 2.05) is 32.0 Å². The predicted octanol–water partition coefficient (Wildman–Crippen LogP) is 4.60. The molecule has 0 bridgehead atoms. The van der Waals surface area contributed by atoms with E-state index in [0.717, 1.165) is 11.1 Å². The van der Waals surface area contributed by atoms with Crippen LogP contribution in [0.25, 0.3) is 0 Å². The summed E-state index contributed by atoms with van der Waals surface area (Å²) in [7, 11) is 0. The molecule has 0 aromatic heterocycles. The summed E-state index contributed by atoms with van der Waals surface area (Å²) < 4.78 is 0. The van der Waals surface area contributed by atoms with E-state index >= 15 is 0 Å². The highest BCUT2D eigenvalue weighted by Gasteiger charge is 2.19. The van der Waals surface area contributed by atoms with Gasteiger partial charge in [-0.1, -0.05) is 29.3 Å². The lowest BCUT2D eigenvalue weighted by Crippen LogP contribution is -2.36. The Kier molecular flexibility index (Phi) is 5.86. The molecular formula is C18H18Cl2N2O2. The SMILES string of the molecule is CC(=O)N(CC(=O)Nc1cc(C)cc(C)c1)c1cc(Cl)ccc1Cl. The molecule has 2 rings (SSSR count). The lowest BCUT2D eigenvalue weighted by Gasteiger charge is -2.22. The van der Waals surface area contributed by atoms with Crippen LogP contribution in [0.1, 0.15) is 18.1 Å². The molecule has 0 saturated heterocycles. The summed E-state index contributed by atoms with van der Waals surface area (Å²) in [6, 6.07) is 10.5. The van der Waals surface area contributed by atoms with Crippen molar-refractivity contribution in [3.05, 3.63) is 57.6 Å². The number of hydrogen-bond acceptors (Lipinski definition) is 2. The van der Waals surface area contributed by atoms with Gasteiger partial charge >= 0.3 is 0 Å². The van der Waals surface area contributed by atoms with Crippen LogP contribution in [0.15, 0.2) is 36.4 Å². The Balaban J connectivity index is 2.20. The van der Waals surface area contributed by atoms with Crippen molar-refractivity contribution < 1.29 is 9.59 Å². The van der Waals surface area contributed by atoms with Gasteiger partial charge in [-0.3, -0.25) is 9.59 Å². The van der Waals surface area contributed by atoms with Crippen molar-refractivity contribution in [2.45, 2.75) is 20.8 Å². The fraction of sp³-hybridized carbons (Fsp3) is 0.222. The first-order valence-electron chi connectivity index (χ1n) is 7.37. The van der Waals surface area contributed by atoms with Crippen molar-refractivity contribution in [1.82, 2.24) is 0 Å². The van der Waals surface area contributed by atoms with E-state index in [-0.39, 0.29) is 18.4 Å². The zero-order valence-corrected chi connectivity index (χ0v) is 15.2. The van der Waals surface area contributed by atoms with E-state index in [9.17, 15) is 9.59 Å². The van der Waals surface area contributed by atoms with Crippen molar-refractivity contribution in [1.29, 1.82) is 0 Å². The number of anilines is 2. The molecule has 2 aromatic carbocycles. The maximum absolute atomic E-state index is 12.3. The maximum Gasteiger partial charge on any atom is 0.244 e. The highest BCUT2D eigenvalue weighted by Crippen LogP contribution is 2.29. The number of aryl methyl sites for hydroxylation is 2. The minimum Gasteiger partial charge on any atom is -0.325 e. The molecule has 0 heterocycles. The van der Waals surface area contributed by atoms with Crippen LogP contribution in [0.2, 0.25) is 10.0 Å². The van der Waals surface area contributed by atoms with Gasteiger partial charge in [0.25, 0.3) is 0 Å². The topological polar surface area (TPSA) is 49.4 Å². The van der Waals surface area contributed by atoms with Gasteiger partial charge < -0.3 is 10.2 Å². The van der Waals surface area contributed by atoms with Crippen LogP contribution in [-0.4, -0.2) is 18.4 Å². The van der Waals surface area contributed by atoms with Crippen molar-refractivity contribution >= 4 is 46.4 Å². The van der Waals surface area contributed by atoms with E-state index in [1.165, 1.54) is 11.8 Å². The normalized spacial score (nSPS) is 10.4. The molecule has 0 aliphatic rings. The number of carbonyl (C=O) groups excluding carboxylic acids is 2. The highest BCUT2D eigenvalue weighted by atomic mass is 35.5. The number of hydrogen-bond donors (Lipinski definition) is 1. The van der Waals surface area contributed by atoms with Crippen molar-refractivity contribution in [3.8, 4) is 0 Å². The van der Waals surface area contributed by atoms with Crippen molar-refractivity contribution in [3.63, 3.8) is 0 Å². The minimum absolute atomic E-state index is 0.150. The molecule has 6 heteroatoms. The molecule has 0 atom stereocenters. The van der Waals surface area contributed by atoms with Crippen molar-refractivity contribution in [2.24, 2.45) is 0 Å². The molecule has 0 saturated carbocycles. The van der Waals surface area contributed by atoms with Gasteiger partial charge in [0.1, 0.15) is 6.54 Å². The molecule has 4 nitrogen and oxygen atoms in total. The number of rotatable bonds is 4. The molecule has 2 aromatic rings. The molecule has 24 heavy (non-hydrogen) atoms. The molecule has 0 radical (unpaired) electrons. The Morgan fingerprint density at radius 1 is 1.04 bits per heavy atom. The summed E-state index contributed by atoms with van der Waals surface area (Å²) in [4.78, 5) is 25.6. The average Bonchev–Trinajstić information content (AvgIpc) is 2.46. The molecule has 0 aliphatic heterocycles. The summed E-state index contributed by atoms with van der Waals surface area (Å²) in [6.45, 7) is 5.14. The van der Waals surface area contributed by atoms with Crippen LogP contribution in [-0.2, 0) is 9.59 Å². The first kappa shape index (κ1) is 18.3. The van der Waals surface area contributed by atoms with Crippen LogP contribution in [0.4, 0.5) is 11.4 Å². The molecule has 0 aliphatic carbocycles. The quantitative estimate of drug-likeness (QED) is 0.861.